The van der Waals surface area contributed by atoms with Crippen molar-refractivity contribution in [2.24, 2.45) is 5.92 Å². The van der Waals surface area contributed by atoms with Gasteiger partial charge in [-0.3, -0.25) is 9.59 Å². The maximum atomic E-state index is 12.3. The van der Waals surface area contributed by atoms with Crippen LogP contribution in [-0.4, -0.2) is 34.4 Å². The molecule has 1 saturated heterocycles. The fourth-order valence-corrected chi connectivity index (χ4v) is 2.99. The first-order valence-electron chi connectivity index (χ1n) is 8.33. The van der Waals surface area contributed by atoms with Crippen LogP contribution in [0.3, 0.4) is 0 Å². The van der Waals surface area contributed by atoms with Crippen molar-refractivity contribution in [3.63, 3.8) is 0 Å². The summed E-state index contributed by atoms with van der Waals surface area (Å²) in [6.07, 6.45) is 4.24. The van der Waals surface area contributed by atoms with Crippen molar-refractivity contribution in [2.75, 3.05) is 13.1 Å². The number of rotatable bonds is 6. The van der Waals surface area contributed by atoms with E-state index in [0.29, 0.717) is 26.1 Å². The van der Waals surface area contributed by atoms with Gasteiger partial charge in [0.05, 0.1) is 5.92 Å². The first kappa shape index (κ1) is 16.3. The van der Waals surface area contributed by atoms with Crippen LogP contribution in [0.15, 0.2) is 48.8 Å². The Kier molecular flexibility index (Phi) is 4.99. The summed E-state index contributed by atoms with van der Waals surface area (Å²) >= 11 is 0. The molecular formula is C19H23N3O2. The lowest BCUT2D eigenvalue weighted by molar-refractivity contribution is -0.129. The van der Waals surface area contributed by atoms with Gasteiger partial charge in [-0.25, -0.2) is 0 Å². The molecule has 1 aromatic carbocycles. The van der Waals surface area contributed by atoms with Gasteiger partial charge in [-0.2, -0.15) is 0 Å². The molecule has 2 amide bonds. The lowest BCUT2D eigenvalue weighted by Crippen LogP contribution is -2.34. The summed E-state index contributed by atoms with van der Waals surface area (Å²) in [7, 11) is 0. The number of carbonyl (C=O) groups excluding carboxylic acids is 2. The highest BCUT2D eigenvalue weighted by molar-refractivity contribution is 5.89. The summed E-state index contributed by atoms with van der Waals surface area (Å²) in [4.78, 5) is 26.2. The molecule has 1 fully saturated rings. The lowest BCUT2D eigenvalue weighted by Gasteiger charge is -2.17. The number of aryl methyl sites for hydroxylation is 1. The summed E-state index contributed by atoms with van der Waals surface area (Å²) in [6.45, 7) is 4.44. The van der Waals surface area contributed by atoms with E-state index in [-0.39, 0.29) is 17.7 Å². The third kappa shape index (κ3) is 4.04. The van der Waals surface area contributed by atoms with Gasteiger partial charge in [0.2, 0.25) is 11.8 Å². The third-order valence-electron chi connectivity index (χ3n) is 4.41. The van der Waals surface area contributed by atoms with Crippen molar-refractivity contribution >= 4 is 11.8 Å². The average molecular weight is 325 g/mol. The standard InChI is InChI=1S/C19H23N3O2/c1-15-4-6-16(7-5-15)13-22-14-17(12-18(22)23)19(24)20-8-11-21-9-2-3-10-21/h2-7,9-10,17H,8,11-14H2,1H3,(H,20,24)/t17-/m1/s1. The van der Waals surface area contributed by atoms with Crippen LogP contribution in [0.25, 0.3) is 0 Å². The van der Waals surface area contributed by atoms with Crippen LogP contribution < -0.4 is 5.32 Å². The predicted octanol–water partition coefficient (Wildman–Crippen LogP) is 1.96. The fourth-order valence-electron chi connectivity index (χ4n) is 2.99. The molecule has 1 aliphatic heterocycles. The number of nitrogens with zero attached hydrogens (tertiary/aromatic N) is 2. The van der Waals surface area contributed by atoms with Crippen LogP contribution in [0.2, 0.25) is 0 Å². The Bertz CT molecular complexity index is 692. The van der Waals surface area contributed by atoms with E-state index < -0.39 is 0 Å². The number of carbonyl (C=O) groups is 2. The molecule has 1 aliphatic rings. The average Bonchev–Trinajstić information content (AvgIpc) is 3.20. The van der Waals surface area contributed by atoms with Crippen molar-refractivity contribution < 1.29 is 9.59 Å². The van der Waals surface area contributed by atoms with E-state index in [1.54, 1.807) is 4.90 Å². The highest BCUT2D eigenvalue weighted by Gasteiger charge is 2.33. The Labute approximate surface area is 142 Å². The lowest BCUT2D eigenvalue weighted by atomic mass is 10.1. The van der Waals surface area contributed by atoms with Crippen LogP contribution in [0.1, 0.15) is 17.5 Å². The molecule has 24 heavy (non-hydrogen) atoms. The van der Waals surface area contributed by atoms with Crippen molar-refractivity contribution in [1.82, 2.24) is 14.8 Å². The molecule has 0 unspecified atom stereocenters. The first-order valence-corrected chi connectivity index (χ1v) is 8.33. The van der Waals surface area contributed by atoms with Crippen LogP contribution >= 0.6 is 0 Å². The van der Waals surface area contributed by atoms with E-state index >= 15 is 0 Å². The molecule has 5 heteroatoms. The van der Waals surface area contributed by atoms with E-state index in [2.05, 4.69) is 5.32 Å². The molecular weight excluding hydrogens is 302 g/mol. The molecule has 3 rings (SSSR count). The molecule has 126 valence electrons. The van der Waals surface area contributed by atoms with E-state index in [1.807, 2.05) is 60.3 Å². The van der Waals surface area contributed by atoms with Gasteiger partial charge >= 0.3 is 0 Å². The summed E-state index contributed by atoms with van der Waals surface area (Å²) < 4.78 is 2.02. The number of benzene rings is 1. The highest BCUT2D eigenvalue weighted by Crippen LogP contribution is 2.20. The highest BCUT2D eigenvalue weighted by atomic mass is 16.2. The molecule has 0 saturated carbocycles. The normalized spacial score (nSPS) is 17.3. The maximum absolute atomic E-state index is 12.3. The molecule has 0 aliphatic carbocycles. The predicted molar refractivity (Wildman–Crippen MR) is 92.1 cm³/mol. The number of nitrogens with one attached hydrogen (secondary N) is 1. The van der Waals surface area contributed by atoms with Crippen LogP contribution in [0.5, 0.6) is 0 Å². The van der Waals surface area contributed by atoms with Crippen LogP contribution in [0, 0.1) is 12.8 Å². The van der Waals surface area contributed by atoms with Crippen molar-refractivity contribution in [3.05, 3.63) is 59.9 Å². The second-order valence-electron chi connectivity index (χ2n) is 6.37. The monoisotopic (exact) mass is 325 g/mol. The zero-order valence-corrected chi connectivity index (χ0v) is 13.9. The molecule has 1 atom stereocenters. The van der Waals surface area contributed by atoms with Gasteiger partial charge in [0, 0.05) is 45.0 Å². The molecule has 5 nitrogen and oxygen atoms in total. The van der Waals surface area contributed by atoms with Gasteiger partial charge in [0.25, 0.3) is 0 Å². The smallest absolute Gasteiger partial charge is 0.225 e. The zero-order valence-electron chi connectivity index (χ0n) is 13.9. The second-order valence-corrected chi connectivity index (χ2v) is 6.37. The minimum atomic E-state index is -0.243. The van der Waals surface area contributed by atoms with Gasteiger partial charge in [-0.1, -0.05) is 29.8 Å². The number of likely N-dealkylation sites (tertiary alicyclic amines) is 1. The van der Waals surface area contributed by atoms with Gasteiger partial charge in [-0.15, -0.1) is 0 Å². The summed E-state index contributed by atoms with van der Waals surface area (Å²) in [6, 6.07) is 12.1. The summed E-state index contributed by atoms with van der Waals surface area (Å²) in [5, 5.41) is 2.94. The molecule has 2 aromatic rings. The Hall–Kier alpha value is -2.56. The quantitative estimate of drug-likeness (QED) is 0.883. The minimum Gasteiger partial charge on any atom is -0.354 e. The summed E-state index contributed by atoms with van der Waals surface area (Å²) in [5.41, 5.74) is 2.30. The third-order valence-corrected chi connectivity index (χ3v) is 4.41. The SMILES string of the molecule is Cc1ccc(CN2C[C@H](C(=O)NCCn3cccc3)CC2=O)cc1. The molecule has 0 bridgehead atoms. The Morgan fingerprint density at radius 3 is 2.62 bits per heavy atom. The fraction of sp³-hybridized carbons (Fsp3) is 0.368. The van der Waals surface area contributed by atoms with Crippen molar-refractivity contribution in [1.29, 1.82) is 0 Å². The van der Waals surface area contributed by atoms with E-state index in [1.165, 1.54) is 5.56 Å². The molecule has 0 radical (unpaired) electrons. The molecule has 1 N–H and O–H groups in total. The first-order chi connectivity index (χ1) is 11.6. The van der Waals surface area contributed by atoms with Crippen molar-refractivity contribution in [3.8, 4) is 0 Å². The minimum absolute atomic E-state index is 0.0260. The van der Waals surface area contributed by atoms with Crippen molar-refractivity contribution in [2.45, 2.75) is 26.4 Å². The van der Waals surface area contributed by atoms with E-state index in [9.17, 15) is 9.59 Å². The Morgan fingerprint density at radius 2 is 1.92 bits per heavy atom. The maximum Gasteiger partial charge on any atom is 0.225 e. The molecule has 0 spiro atoms. The van der Waals surface area contributed by atoms with Gasteiger partial charge in [-0.05, 0) is 24.6 Å². The number of amides is 2. The van der Waals surface area contributed by atoms with Crippen LogP contribution in [-0.2, 0) is 22.7 Å². The molecule has 2 heterocycles. The molecule has 1 aromatic heterocycles. The van der Waals surface area contributed by atoms with Gasteiger partial charge in [0.15, 0.2) is 0 Å². The second kappa shape index (κ2) is 7.34. The zero-order chi connectivity index (χ0) is 16.9. The largest absolute Gasteiger partial charge is 0.354 e. The number of hydrogen-bond acceptors (Lipinski definition) is 2. The number of hydrogen-bond donors (Lipinski definition) is 1. The van der Waals surface area contributed by atoms with Gasteiger partial charge in [0.1, 0.15) is 0 Å². The number of aromatic nitrogens is 1. The summed E-state index contributed by atoms with van der Waals surface area (Å²) in [5.74, 6) is -0.212. The van der Waals surface area contributed by atoms with E-state index in [4.69, 9.17) is 0 Å². The van der Waals surface area contributed by atoms with Gasteiger partial charge < -0.3 is 14.8 Å². The van der Waals surface area contributed by atoms with Crippen LogP contribution in [0.4, 0.5) is 0 Å². The van der Waals surface area contributed by atoms with E-state index in [0.717, 1.165) is 12.1 Å². The Morgan fingerprint density at radius 1 is 1.21 bits per heavy atom. The topological polar surface area (TPSA) is 54.3 Å². The Balaban J connectivity index is 1.48.